The first-order chi connectivity index (χ1) is 9.63. The van der Waals surface area contributed by atoms with Crippen LogP contribution in [0.5, 0.6) is 0 Å². The molecule has 4 heteroatoms. The van der Waals surface area contributed by atoms with E-state index in [9.17, 15) is 0 Å². The van der Waals surface area contributed by atoms with Crippen molar-refractivity contribution in [1.29, 1.82) is 0 Å². The molecule has 1 aliphatic heterocycles. The highest BCUT2D eigenvalue weighted by Crippen LogP contribution is 2.11. The van der Waals surface area contributed by atoms with E-state index in [2.05, 4.69) is 35.8 Å². The number of rotatable bonds is 6. The van der Waals surface area contributed by atoms with Crippen molar-refractivity contribution in [2.45, 2.75) is 26.5 Å². The number of ether oxygens (including phenoxy) is 1. The molecule has 112 valence electrons. The van der Waals surface area contributed by atoms with Gasteiger partial charge in [0.2, 0.25) is 0 Å². The van der Waals surface area contributed by atoms with Gasteiger partial charge in [-0.3, -0.25) is 9.80 Å². The molecule has 4 nitrogen and oxygen atoms in total. The minimum atomic E-state index is 0.333. The molecular weight excluding hydrogens is 250 g/mol. The van der Waals surface area contributed by atoms with E-state index in [-0.39, 0.29) is 0 Å². The van der Waals surface area contributed by atoms with Gasteiger partial charge in [0.05, 0.1) is 12.7 Å². The standard InChI is InChI=1S/C16H27N3O/c1-14(2)20-11-10-18-6-8-19(9-7-18)13-15-4-3-5-16(17)12-15/h3-5,12,14H,6-11,13,17H2,1-2H3. The smallest absolute Gasteiger partial charge is 0.0596 e. The van der Waals surface area contributed by atoms with Crippen molar-refractivity contribution < 1.29 is 4.74 Å². The van der Waals surface area contributed by atoms with E-state index in [1.165, 1.54) is 5.56 Å². The third-order valence-corrected chi connectivity index (χ3v) is 3.68. The molecule has 1 fully saturated rings. The van der Waals surface area contributed by atoms with Crippen LogP contribution < -0.4 is 5.73 Å². The zero-order valence-electron chi connectivity index (χ0n) is 12.7. The molecule has 20 heavy (non-hydrogen) atoms. The molecule has 0 amide bonds. The van der Waals surface area contributed by atoms with Crippen LogP contribution in [0.1, 0.15) is 19.4 Å². The number of nitrogens with two attached hydrogens (primary N) is 1. The van der Waals surface area contributed by atoms with E-state index >= 15 is 0 Å². The molecule has 0 aliphatic carbocycles. The maximum Gasteiger partial charge on any atom is 0.0596 e. The van der Waals surface area contributed by atoms with Crippen LogP contribution >= 0.6 is 0 Å². The van der Waals surface area contributed by atoms with E-state index in [4.69, 9.17) is 10.5 Å². The Morgan fingerprint density at radius 3 is 2.50 bits per heavy atom. The minimum absolute atomic E-state index is 0.333. The Balaban J connectivity index is 1.69. The summed E-state index contributed by atoms with van der Waals surface area (Å²) in [4.78, 5) is 4.98. The van der Waals surface area contributed by atoms with Gasteiger partial charge >= 0.3 is 0 Å². The highest BCUT2D eigenvalue weighted by atomic mass is 16.5. The van der Waals surface area contributed by atoms with Gasteiger partial charge in [-0.25, -0.2) is 0 Å². The molecule has 0 spiro atoms. The average molecular weight is 277 g/mol. The summed E-state index contributed by atoms with van der Waals surface area (Å²) in [6, 6.07) is 8.20. The number of nitrogen functional groups attached to an aromatic ring is 1. The molecule has 2 rings (SSSR count). The van der Waals surface area contributed by atoms with Gasteiger partial charge in [-0.1, -0.05) is 12.1 Å². The molecule has 0 bridgehead atoms. The first-order valence-corrected chi connectivity index (χ1v) is 7.54. The van der Waals surface area contributed by atoms with Crippen molar-refractivity contribution in [1.82, 2.24) is 9.80 Å². The summed E-state index contributed by atoms with van der Waals surface area (Å²) in [5.41, 5.74) is 7.99. The van der Waals surface area contributed by atoms with Crippen LogP contribution in [0, 0.1) is 0 Å². The first kappa shape index (κ1) is 15.3. The van der Waals surface area contributed by atoms with Gasteiger partial charge < -0.3 is 10.5 Å². The highest BCUT2D eigenvalue weighted by Gasteiger charge is 2.16. The lowest BCUT2D eigenvalue weighted by molar-refractivity contribution is 0.0437. The van der Waals surface area contributed by atoms with Crippen molar-refractivity contribution in [3.63, 3.8) is 0 Å². The fourth-order valence-electron chi connectivity index (χ4n) is 2.54. The van der Waals surface area contributed by atoms with Crippen molar-refractivity contribution in [2.24, 2.45) is 0 Å². The van der Waals surface area contributed by atoms with E-state index in [1.54, 1.807) is 0 Å². The molecular formula is C16H27N3O. The Kier molecular flexibility index (Phi) is 5.83. The summed E-state index contributed by atoms with van der Waals surface area (Å²) < 4.78 is 5.61. The fraction of sp³-hybridized carbons (Fsp3) is 0.625. The maximum absolute atomic E-state index is 5.82. The van der Waals surface area contributed by atoms with Crippen LogP contribution in [0.4, 0.5) is 5.69 Å². The lowest BCUT2D eigenvalue weighted by Gasteiger charge is -2.34. The monoisotopic (exact) mass is 277 g/mol. The van der Waals surface area contributed by atoms with Gasteiger partial charge in [0.1, 0.15) is 0 Å². The number of piperazine rings is 1. The zero-order chi connectivity index (χ0) is 14.4. The predicted molar refractivity (Wildman–Crippen MR) is 83.7 cm³/mol. The van der Waals surface area contributed by atoms with Gasteiger partial charge in [-0.15, -0.1) is 0 Å². The third kappa shape index (κ3) is 5.12. The van der Waals surface area contributed by atoms with Gasteiger partial charge in [-0.2, -0.15) is 0 Å². The number of benzene rings is 1. The quantitative estimate of drug-likeness (QED) is 0.805. The molecule has 0 radical (unpaired) electrons. The van der Waals surface area contributed by atoms with Crippen molar-refractivity contribution in [3.05, 3.63) is 29.8 Å². The SMILES string of the molecule is CC(C)OCCN1CCN(Cc2cccc(N)c2)CC1. The number of anilines is 1. The van der Waals surface area contributed by atoms with Crippen LogP contribution in [0.2, 0.25) is 0 Å². The average Bonchev–Trinajstić information content (AvgIpc) is 2.40. The second-order valence-electron chi connectivity index (χ2n) is 5.78. The third-order valence-electron chi connectivity index (χ3n) is 3.68. The van der Waals surface area contributed by atoms with E-state index in [1.807, 2.05) is 12.1 Å². The lowest BCUT2D eigenvalue weighted by Crippen LogP contribution is -2.46. The predicted octanol–water partition coefficient (Wildman–Crippen LogP) is 1.81. The van der Waals surface area contributed by atoms with Crippen molar-refractivity contribution in [2.75, 3.05) is 45.1 Å². The Labute approximate surface area is 122 Å². The molecule has 1 aromatic carbocycles. The van der Waals surface area contributed by atoms with Crippen LogP contribution in [-0.4, -0.2) is 55.2 Å². The second kappa shape index (κ2) is 7.62. The van der Waals surface area contributed by atoms with Gasteiger partial charge in [-0.05, 0) is 31.5 Å². The molecule has 0 saturated carbocycles. The summed E-state index contributed by atoms with van der Waals surface area (Å²) >= 11 is 0. The van der Waals surface area contributed by atoms with Crippen molar-refractivity contribution in [3.8, 4) is 0 Å². The molecule has 2 N–H and O–H groups in total. The molecule has 1 heterocycles. The summed E-state index contributed by atoms with van der Waals surface area (Å²) in [6.45, 7) is 11.6. The number of hydrogen-bond acceptors (Lipinski definition) is 4. The minimum Gasteiger partial charge on any atom is -0.399 e. The Morgan fingerprint density at radius 2 is 1.85 bits per heavy atom. The van der Waals surface area contributed by atoms with Gasteiger partial charge in [0.25, 0.3) is 0 Å². The van der Waals surface area contributed by atoms with Crippen LogP contribution in [-0.2, 0) is 11.3 Å². The van der Waals surface area contributed by atoms with E-state index < -0.39 is 0 Å². The fourth-order valence-corrected chi connectivity index (χ4v) is 2.54. The molecule has 0 unspecified atom stereocenters. The Bertz CT molecular complexity index is 400. The van der Waals surface area contributed by atoms with Crippen LogP contribution in [0.3, 0.4) is 0 Å². The normalized spacial score (nSPS) is 17.8. The molecule has 0 atom stereocenters. The summed E-state index contributed by atoms with van der Waals surface area (Å²) in [6.07, 6.45) is 0.333. The summed E-state index contributed by atoms with van der Waals surface area (Å²) in [5, 5.41) is 0. The number of hydrogen-bond donors (Lipinski definition) is 1. The Hall–Kier alpha value is -1.10. The topological polar surface area (TPSA) is 41.7 Å². The molecule has 1 saturated heterocycles. The maximum atomic E-state index is 5.82. The summed E-state index contributed by atoms with van der Waals surface area (Å²) in [5.74, 6) is 0. The van der Waals surface area contributed by atoms with Crippen LogP contribution in [0.25, 0.3) is 0 Å². The van der Waals surface area contributed by atoms with Gasteiger partial charge in [0, 0.05) is 45.0 Å². The number of nitrogens with zero attached hydrogens (tertiary/aromatic N) is 2. The first-order valence-electron chi connectivity index (χ1n) is 7.54. The van der Waals surface area contributed by atoms with Crippen molar-refractivity contribution >= 4 is 5.69 Å². The van der Waals surface area contributed by atoms with E-state index in [0.29, 0.717) is 6.10 Å². The molecule has 1 aromatic rings. The largest absolute Gasteiger partial charge is 0.399 e. The van der Waals surface area contributed by atoms with E-state index in [0.717, 1.165) is 51.6 Å². The highest BCUT2D eigenvalue weighted by molar-refractivity contribution is 5.40. The zero-order valence-corrected chi connectivity index (χ0v) is 12.7. The van der Waals surface area contributed by atoms with Crippen LogP contribution in [0.15, 0.2) is 24.3 Å². The lowest BCUT2D eigenvalue weighted by atomic mass is 10.2. The molecule has 1 aliphatic rings. The molecule has 0 aromatic heterocycles. The second-order valence-corrected chi connectivity index (χ2v) is 5.78. The summed E-state index contributed by atoms with van der Waals surface area (Å²) in [7, 11) is 0. The Morgan fingerprint density at radius 1 is 1.15 bits per heavy atom. The van der Waals surface area contributed by atoms with Gasteiger partial charge in [0.15, 0.2) is 0 Å².